The fourth-order valence-electron chi connectivity index (χ4n) is 2.18. The number of ether oxygens (including phenoxy) is 1. The summed E-state index contributed by atoms with van der Waals surface area (Å²) in [4.78, 5) is 12.3. The molecule has 2 aromatic carbocycles. The highest BCUT2D eigenvalue weighted by Crippen LogP contribution is 2.23. The lowest BCUT2D eigenvalue weighted by molar-refractivity contribution is -0.432. The number of aromatic nitrogens is 2. The highest BCUT2D eigenvalue weighted by Gasteiger charge is 2.16. The van der Waals surface area contributed by atoms with E-state index in [4.69, 9.17) is 4.74 Å². The van der Waals surface area contributed by atoms with Gasteiger partial charge in [0, 0.05) is 27.6 Å². The molecule has 3 rings (SSSR count). The summed E-state index contributed by atoms with van der Waals surface area (Å²) in [5.74, 6) is 0.568. The van der Waals surface area contributed by atoms with Crippen LogP contribution in [-0.4, -0.2) is 11.3 Å². The molecule has 0 amide bonds. The summed E-state index contributed by atoms with van der Waals surface area (Å²) in [7, 11) is 0. The van der Waals surface area contributed by atoms with Gasteiger partial charge in [-0.2, -0.15) is 0 Å². The average molecular weight is 335 g/mol. The van der Waals surface area contributed by atoms with Crippen molar-refractivity contribution in [2.24, 2.45) is 0 Å². The molecule has 0 spiro atoms. The maximum Gasteiger partial charge on any atom is 0.287 e. The van der Waals surface area contributed by atoms with Crippen molar-refractivity contribution in [2.45, 2.75) is 6.92 Å². The molecule has 3 aromatic rings. The first-order valence-electron chi connectivity index (χ1n) is 6.12. The van der Waals surface area contributed by atoms with E-state index in [1.54, 1.807) is 36.4 Å². The lowest BCUT2D eigenvalue weighted by Crippen LogP contribution is -2.19. The second-order valence-electron chi connectivity index (χ2n) is 4.31. The molecule has 6 heteroatoms. The molecule has 0 radical (unpaired) electrons. The van der Waals surface area contributed by atoms with E-state index < -0.39 is 0 Å². The zero-order valence-corrected chi connectivity index (χ0v) is 12.3. The van der Waals surface area contributed by atoms with Gasteiger partial charge in [0.05, 0.1) is 11.0 Å². The first-order chi connectivity index (χ1) is 9.61. The van der Waals surface area contributed by atoms with E-state index >= 15 is 0 Å². The van der Waals surface area contributed by atoms with Gasteiger partial charge in [-0.25, -0.2) is 0 Å². The van der Waals surface area contributed by atoms with Crippen LogP contribution in [0.25, 0.3) is 22.1 Å². The minimum atomic E-state index is 0.288. The summed E-state index contributed by atoms with van der Waals surface area (Å²) in [5.41, 5.74) is 1.25. The van der Waals surface area contributed by atoms with Gasteiger partial charge in [0.2, 0.25) is 0 Å². The SMILES string of the molecule is CCOc1ccc2c(c1)n([O-])c1cc(Br)ccc1[n+]2=O. The smallest absolute Gasteiger partial charge is 0.287 e. The number of fused-ring (bicyclic) bond motifs is 2. The van der Waals surface area contributed by atoms with E-state index in [0.717, 1.165) is 13.6 Å². The summed E-state index contributed by atoms with van der Waals surface area (Å²) in [6.07, 6.45) is 0. The van der Waals surface area contributed by atoms with E-state index in [1.165, 1.54) is 0 Å². The van der Waals surface area contributed by atoms with Crippen LogP contribution in [0.15, 0.2) is 40.9 Å². The summed E-state index contributed by atoms with van der Waals surface area (Å²) < 4.78 is 7.64. The number of hydrogen-bond acceptors (Lipinski definition) is 3. The van der Waals surface area contributed by atoms with Crippen LogP contribution in [0, 0.1) is 10.1 Å². The number of halogens is 1. The lowest BCUT2D eigenvalue weighted by Gasteiger charge is -2.15. The van der Waals surface area contributed by atoms with E-state index in [2.05, 4.69) is 15.9 Å². The van der Waals surface area contributed by atoms with Crippen LogP contribution < -0.4 is 9.16 Å². The summed E-state index contributed by atoms with van der Waals surface area (Å²) in [5, 5.41) is 12.4. The Morgan fingerprint density at radius 1 is 1.20 bits per heavy atom. The van der Waals surface area contributed by atoms with Crippen LogP contribution in [0.2, 0.25) is 0 Å². The standard InChI is InChI=1S/C14H11BrN2O3/c1-2-20-10-4-6-12-14(8-10)17(19)13-7-9(15)3-5-11(13)16(12)18/h3-8H,2H2,1H3. The Morgan fingerprint density at radius 2 is 1.85 bits per heavy atom. The molecule has 0 N–H and O–H groups in total. The minimum absolute atomic E-state index is 0.288. The van der Waals surface area contributed by atoms with Crippen molar-refractivity contribution in [1.29, 1.82) is 0 Å². The van der Waals surface area contributed by atoms with Gasteiger partial charge in [-0.3, -0.25) is 0 Å². The van der Waals surface area contributed by atoms with Gasteiger partial charge in [0.1, 0.15) is 16.8 Å². The second kappa shape index (κ2) is 4.79. The molecule has 1 heterocycles. The maximum absolute atomic E-state index is 12.4. The van der Waals surface area contributed by atoms with E-state index in [-0.39, 0.29) is 5.52 Å². The Morgan fingerprint density at radius 3 is 2.55 bits per heavy atom. The molecule has 0 saturated heterocycles. The van der Waals surface area contributed by atoms with Crippen LogP contribution in [0.5, 0.6) is 5.75 Å². The van der Waals surface area contributed by atoms with Crippen molar-refractivity contribution >= 4 is 38.0 Å². The van der Waals surface area contributed by atoms with E-state index in [0.29, 0.717) is 28.9 Å². The summed E-state index contributed by atoms with van der Waals surface area (Å²) in [6.45, 7) is 2.36. The zero-order chi connectivity index (χ0) is 14.3. The van der Waals surface area contributed by atoms with Gasteiger partial charge in [0.15, 0.2) is 0 Å². The molecule has 0 bridgehead atoms. The largest absolute Gasteiger partial charge is 0.805 e. The van der Waals surface area contributed by atoms with Gasteiger partial charge in [-0.15, -0.1) is 0 Å². The highest BCUT2D eigenvalue weighted by atomic mass is 79.9. The maximum atomic E-state index is 12.4. The quantitative estimate of drug-likeness (QED) is 0.534. The second-order valence-corrected chi connectivity index (χ2v) is 5.22. The molecule has 0 fully saturated rings. The van der Waals surface area contributed by atoms with Crippen LogP contribution >= 0.6 is 15.9 Å². The van der Waals surface area contributed by atoms with Crippen LogP contribution in [0.4, 0.5) is 0 Å². The van der Waals surface area contributed by atoms with Gasteiger partial charge in [0.25, 0.3) is 11.0 Å². The van der Waals surface area contributed by atoms with Crippen LogP contribution in [0.1, 0.15) is 6.92 Å². The third-order valence-corrected chi connectivity index (χ3v) is 3.56. The number of benzene rings is 2. The van der Waals surface area contributed by atoms with Crippen molar-refractivity contribution in [1.82, 2.24) is 4.73 Å². The first kappa shape index (κ1) is 12.9. The van der Waals surface area contributed by atoms with Crippen molar-refractivity contribution in [3.05, 3.63) is 51.0 Å². The predicted octanol–water partition coefficient (Wildman–Crippen LogP) is 3.22. The Kier molecular flexibility index (Phi) is 3.10. The molecule has 0 atom stereocenters. The number of rotatable bonds is 2. The van der Waals surface area contributed by atoms with Gasteiger partial charge in [-0.05, 0) is 25.1 Å². The Balaban J connectivity index is 2.46. The van der Waals surface area contributed by atoms with Gasteiger partial charge >= 0.3 is 0 Å². The monoisotopic (exact) mass is 334 g/mol. The molecule has 0 saturated carbocycles. The zero-order valence-electron chi connectivity index (χ0n) is 10.7. The van der Waals surface area contributed by atoms with Crippen LogP contribution in [0.3, 0.4) is 0 Å². The summed E-state index contributed by atoms with van der Waals surface area (Å²) >= 11 is 3.31. The molecular formula is C14H11BrN2O3. The molecule has 0 unspecified atom stereocenters. The fourth-order valence-corrected chi connectivity index (χ4v) is 2.53. The van der Waals surface area contributed by atoms with E-state index in [1.807, 2.05) is 6.92 Å². The third-order valence-electron chi connectivity index (χ3n) is 3.07. The summed E-state index contributed by atoms with van der Waals surface area (Å²) in [6, 6.07) is 9.85. The number of hydrogen-bond donors (Lipinski definition) is 0. The van der Waals surface area contributed by atoms with Gasteiger partial charge < -0.3 is 14.7 Å². The van der Waals surface area contributed by atoms with E-state index in [9.17, 15) is 10.1 Å². The van der Waals surface area contributed by atoms with Crippen molar-refractivity contribution in [3.63, 3.8) is 0 Å². The minimum Gasteiger partial charge on any atom is -0.805 e. The Labute approximate surface area is 122 Å². The van der Waals surface area contributed by atoms with Gasteiger partial charge in [-0.1, -0.05) is 15.9 Å². The lowest BCUT2D eigenvalue weighted by atomic mass is 10.2. The fraction of sp³-hybridized carbons (Fsp3) is 0.143. The topological polar surface area (TPSA) is 60.2 Å². The van der Waals surface area contributed by atoms with Crippen LogP contribution in [-0.2, 0) is 0 Å². The normalized spacial score (nSPS) is 11.1. The molecular weight excluding hydrogens is 324 g/mol. The number of nitrogens with zero attached hydrogens (tertiary/aromatic N) is 2. The predicted molar refractivity (Wildman–Crippen MR) is 80.4 cm³/mol. The molecule has 0 aliphatic carbocycles. The molecule has 1 aromatic heterocycles. The van der Waals surface area contributed by atoms with Crippen molar-refractivity contribution < 1.29 is 9.16 Å². The highest BCUT2D eigenvalue weighted by molar-refractivity contribution is 9.10. The van der Waals surface area contributed by atoms with Crippen molar-refractivity contribution in [3.8, 4) is 5.75 Å². The first-order valence-corrected chi connectivity index (χ1v) is 6.92. The van der Waals surface area contributed by atoms with Crippen molar-refractivity contribution in [2.75, 3.05) is 6.61 Å². The Hall–Kier alpha value is -2.08. The Bertz CT molecular complexity index is 874. The average Bonchev–Trinajstić information content (AvgIpc) is 2.45. The molecule has 20 heavy (non-hydrogen) atoms. The molecule has 0 aliphatic rings. The molecule has 5 nitrogen and oxygen atoms in total. The third kappa shape index (κ3) is 1.92. The molecule has 102 valence electrons. The molecule has 0 aliphatic heterocycles.